The molecule has 1 atom stereocenters. The number of rotatable bonds is 4. The summed E-state index contributed by atoms with van der Waals surface area (Å²) in [5.74, 6) is 0.647. The van der Waals surface area contributed by atoms with Crippen LogP contribution >= 0.6 is 12.4 Å². The Labute approximate surface area is 97.5 Å². The van der Waals surface area contributed by atoms with Crippen molar-refractivity contribution in [3.63, 3.8) is 0 Å². The first-order valence-electron chi connectivity index (χ1n) is 5.26. The molecule has 0 aromatic carbocycles. The Hall–Kier alpha value is -0.320. The van der Waals surface area contributed by atoms with E-state index in [9.17, 15) is 4.79 Å². The number of nitrogens with two attached hydrogens (primary N) is 1. The number of amides is 1. The summed E-state index contributed by atoms with van der Waals surface area (Å²) in [7, 11) is 1.84. The van der Waals surface area contributed by atoms with Gasteiger partial charge in [-0.1, -0.05) is 0 Å². The maximum Gasteiger partial charge on any atom is 0.223 e. The van der Waals surface area contributed by atoms with Crippen molar-refractivity contribution in [3.05, 3.63) is 0 Å². The lowest BCUT2D eigenvalue weighted by Crippen LogP contribution is -2.35. The number of carbonyl (C=O) groups excluding carboxylic acids is 1. The van der Waals surface area contributed by atoms with Gasteiger partial charge in [0.05, 0.1) is 6.61 Å². The molecule has 0 saturated carbocycles. The molecule has 90 valence electrons. The largest absolute Gasteiger partial charge is 0.381 e. The molecule has 5 heteroatoms. The topological polar surface area (TPSA) is 55.6 Å². The first-order valence-corrected chi connectivity index (χ1v) is 5.26. The van der Waals surface area contributed by atoms with Gasteiger partial charge in [-0.05, 0) is 18.8 Å². The van der Waals surface area contributed by atoms with E-state index in [0.717, 1.165) is 26.2 Å². The predicted octanol–water partition coefficient (Wildman–Crippen LogP) is 0.642. The van der Waals surface area contributed by atoms with E-state index in [1.54, 1.807) is 4.90 Å². The van der Waals surface area contributed by atoms with Gasteiger partial charge in [0.25, 0.3) is 0 Å². The third-order valence-electron chi connectivity index (χ3n) is 2.57. The van der Waals surface area contributed by atoms with Gasteiger partial charge in [0, 0.05) is 33.2 Å². The Kier molecular flexibility index (Phi) is 7.74. The standard InChI is InChI=1S/C10H20N2O2.ClH/c1-12(10(13)4-5-11)7-9-3-2-6-14-8-9;/h9H,2-8,11H2,1H3;1H. The first-order chi connectivity index (χ1) is 6.74. The van der Waals surface area contributed by atoms with Gasteiger partial charge < -0.3 is 15.4 Å². The van der Waals surface area contributed by atoms with Crippen molar-refractivity contribution in [2.24, 2.45) is 11.7 Å². The Morgan fingerprint density at radius 3 is 2.87 bits per heavy atom. The quantitative estimate of drug-likeness (QED) is 0.780. The van der Waals surface area contributed by atoms with E-state index >= 15 is 0 Å². The summed E-state index contributed by atoms with van der Waals surface area (Å²) in [6.45, 7) is 2.90. The number of nitrogens with zero attached hydrogens (tertiary/aromatic N) is 1. The molecule has 0 aliphatic carbocycles. The monoisotopic (exact) mass is 236 g/mol. The van der Waals surface area contributed by atoms with Crippen LogP contribution in [0.5, 0.6) is 0 Å². The summed E-state index contributed by atoms with van der Waals surface area (Å²) >= 11 is 0. The van der Waals surface area contributed by atoms with Crippen molar-refractivity contribution in [1.82, 2.24) is 4.90 Å². The average molecular weight is 237 g/mol. The van der Waals surface area contributed by atoms with Gasteiger partial charge in [0.1, 0.15) is 0 Å². The highest BCUT2D eigenvalue weighted by Crippen LogP contribution is 2.14. The summed E-state index contributed by atoms with van der Waals surface area (Å²) in [5.41, 5.74) is 5.33. The lowest BCUT2D eigenvalue weighted by molar-refractivity contribution is -0.130. The minimum atomic E-state index is 0. The molecule has 2 N–H and O–H groups in total. The maximum atomic E-state index is 11.4. The summed E-state index contributed by atoms with van der Waals surface area (Å²) in [4.78, 5) is 13.2. The van der Waals surface area contributed by atoms with Crippen molar-refractivity contribution >= 4 is 18.3 Å². The molecule has 0 bridgehead atoms. The Morgan fingerprint density at radius 1 is 1.60 bits per heavy atom. The van der Waals surface area contributed by atoms with E-state index in [1.807, 2.05) is 7.05 Å². The van der Waals surface area contributed by atoms with Crippen LogP contribution in [0.2, 0.25) is 0 Å². The van der Waals surface area contributed by atoms with E-state index in [1.165, 1.54) is 6.42 Å². The summed E-state index contributed by atoms with van der Waals surface area (Å²) in [5, 5.41) is 0. The molecular formula is C10H21ClN2O2. The van der Waals surface area contributed by atoms with Crippen LogP contribution < -0.4 is 5.73 Å². The van der Waals surface area contributed by atoms with Gasteiger partial charge in [0.2, 0.25) is 5.91 Å². The molecule has 4 nitrogen and oxygen atoms in total. The van der Waals surface area contributed by atoms with Crippen molar-refractivity contribution in [2.75, 3.05) is 33.4 Å². The number of hydrogen-bond donors (Lipinski definition) is 1. The van der Waals surface area contributed by atoms with Crippen LogP contribution in [0.3, 0.4) is 0 Å². The zero-order valence-electron chi connectivity index (χ0n) is 9.28. The fourth-order valence-corrected chi connectivity index (χ4v) is 1.75. The molecule has 1 aliphatic heterocycles. The number of hydrogen-bond acceptors (Lipinski definition) is 3. The van der Waals surface area contributed by atoms with Crippen LogP contribution in [-0.2, 0) is 9.53 Å². The molecule has 1 fully saturated rings. The molecule has 1 saturated heterocycles. The fourth-order valence-electron chi connectivity index (χ4n) is 1.75. The fraction of sp³-hybridized carbons (Fsp3) is 0.900. The van der Waals surface area contributed by atoms with E-state index < -0.39 is 0 Å². The van der Waals surface area contributed by atoms with E-state index in [2.05, 4.69) is 0 Å². The van der Waals surface area contributed by atoms with Crippen LogP contribution in [0.25, 0.3) is 0 Å². The second-order valence-corrected chi connectivity index (χ2v) is 3.90. The van der Waals surface area contributed by atoms with Crippen LogP contribution in [0.15, 0.2) is 0 Å². The van der Waals surface area contributed by atoms with Crippen LogP contribution in [0.1, 0.15) is 19.3 Å². The summed E-state index contributed by atoms with van der Waals surface area (Å²) in [6.07, 6.45) is 2.73. The third kappa shape index (κ3) is 5.35. The first kappa shape index (κ1) is 14.7. The minimum Gasteiger partial charge on any atom is -0.381 e. The molecule has 0 aromatic heterocycles. The molecule has 0 radical (unpaired) electrons. The molecule has 1 unspecified atom stereocenters. The highest BCUT2D eigenvalue weighted by atomic mass is 35.5. The molecule has 1 aliphatic rings. The highest BCUT2D eigenvalue weighted by molar-refractivity contribution is 5.85. The molecule has 1 rings (SSSR count). The minimum absolute atomic E-state index is 0. The smallest absolute Gasteiger partial charge is 0.223 e. The summed E-state index contributed by atoms with van der Waals surface area (Å²) < 4.78 is 5.36. The van der Waals surface area contributed by atoms with Crippen molar-refractivity contribution < 1.29 is 9.53 Å². The van der Waals surface area contributed by atoms with E-state index in [4.69, 9.17) is 10.5 Å². The third-order valence-corrected chi connectivity index (χ3v) is 2.57. The SMILES string of the molecule is CN(CC1CCCOC1)C(=O)CCN.Cl. The van der Waals surface area contributed by atoms with E-state index in [0.29, 0.717) is 18.9 Å². The zero-order chi connectivity index (χ0) is 10.4. The predicted molar refractivity (Wildman–Crippen MR) is 62.1 cm³/mol. The van der Waals surface area contributed by atoms with E-state index in [-0.39, 0.29) is 18.3 Å². The summed E-state index contributed by atoms with van der Waals surface area (Å²) in [6, 6.07) is 0. The lowest BCUT2D eigenvalue weighted by atomic mass is 10.0. The normalized spacial score (nSPS) is 20.5. The van der Waals surface area contributed by atoms with Crippen molar-refractivity contribution in [2.45, 2.75) is 19.3 Å². The molecule has 0 aromatic rings. The molecule has 1 amide bonds. The van der Waals surface area contributed by atoms with Gasteiger partial charge >= 0.3 is 0 Å². The van der Waals surface area contributed by atoms with Gasteiger partial charge in [-0.2, -0.15) is 0 Å². The van der Waals surface area contributed by atoms with Crippen molar-refractivity contribution in [1.29, 1.82) is 0 Å². The molecular weight excluding hydrogens is 216 g/mol. The lowest BCUT2D eigenvalue weighted by Gasteiger charge is -2.27. The Balaban J connectivity index is 0.00000196. The zero-order valence-corrected chi connectivity index (χ0v) is 10.1. The van der Waals surface area contributed by atoms with Gasteiger partial charge in [-0.3, -0.25) is 4.79 Å². The number of carbonyl (C=O) groups is 1. The average Bonchev–Trinajstić information content (AvgIpc) is 2.19. The van der Waals surface area contributed by atoms with Crippen LogP contribution in [0, 0.1) is 5.92 Å². The highest BCUT2D eigenvalue weighted by Gasteiger charge is 2.17. The van der Waals surface area contributed by atoms with Gasteiger partial charge in [-0.25, -0.2) is 0 Å². The number of ether oxygens (including phenoxy) is 1. The van der Waals surface area contributed by atoms with Crippen LogP contribution in [-0.4, -0.2) is 44.2 Å². The van der Waals surface area contributed by atoms with Crippen LogP contribution in [0.4, 0.5) is 0 Å². The van der Waals surface area contributed by atoms with Gasteiger partial charge in [0.15, 0.2) is 0 Å². The Morgan fingerprint density at radius 2 is 2.33 bits per heavy atom. The second-order valence-electron chi connectivity index (χ2n) is 3.90. The second kappa shape index (κ2) is 7.91. The molecule has 0 spiro atoms. The molecule has 15 heavy (non-hydrogen) atoms. The number of halogens is 1. The molecule has 1 heterocycles. The maximum absolute atomic E-state index is 11.4. The van der Waals surface area contributed by atoms with Gasteiger partial charge in [-0.15, -0.1) is 12.4 Å². The Bertz CT molecular complexity index is 184. The van der Waals surface area contributed by atoms with Crippen molar-refractivity contribution in [3.8, 4) is 0 Å².